The minimum atomic E-state index is -5.08. The Morgan fingerprint density at radius 3 is 2.21 bits per heavy atom. The van der Waals surface area contributed by atoms with Gasteiger partial charge in [-0.2, -0.15) is 26.3 Å². The first-order valence-corrected chi connectivity index (χ1v) is 12.1. The third-order valence-corrected chi connectivity index (χ3v) is 6.32. The fraction of sp³-hybridized carbons (Fsp3) is 0.522. The van der Waals surface area contributed by atoms with Crippen LogP contribution in [0.25, 0.3) is 0 Å². The summed E-state index contributed by atoms with van der Waals surface area (Å²) < 4.78 is 75.6. The summed E-state index contributed by atoms with van der Waals surface area (Å²) in [5.74, 6) is -5.51. The lowest BCUT2D eigenvalue weighted by Crippen LogP contribution is -2.43. The molecule has 2 aromatic heterocycles. The molecule has 0 aliphatic carbocycles. The molecule has 2 N–H and O–H groups in total. The number of carboxylic acids is 2. The Hall–Kier alpha value is -2.75. The predicted octanol–water partition coefficient (Wildman–Crippen LogP) is 4.75. The summed E-state index contributed by atoms with van der Waals surface area (Å²) in [6.07, 6.45) is -4.30. The van der Waals surface area contributed by atoms with Crippen molar-refractivity contribution in [2.24, 2.45) is 0 Å². The monoisotopic (exact) mass is 572 g/mol. The fourth-order valence-electron chi connectivity index (χ4n) is 3.79. The van der Waals surface area contributed by atoms with Gasteiger partial charge in [0.1, 0.15) is 0 Å². The average molecular weight is 573 g/mol. The topological polar surface area (TPSA) is 109 Å². The number of aromatic nitrogens is 1. The number of nitrogens with zero attached hydrogens (tertiary/aromatic N) is 2. The fourth-order valence-corrected chi connectivity index (χ4v) is 4.52. The number of hydrogen-bond acceptors (Lipinski definition) is 7. The molecule has 4 heterocycles. The number of halogens is 6. The van der Waals surface area contributed by atoms with Gasteiger partial charge in [0.25, 0.3) is 0 Å². The first-order valence-electron chi connectivity index (χ1n) is 11.3. The highest BCUT2D eigenvalue weighted by atomic mass is 32.1. The molecule has 0 unspecified atom stereocenters. The highest BCUT2D eigenvalue weighted by Crippen LogP contribution is 2.33. The van der Waals surface area contributed by atoms with Crippen molar-refractivity contribution < 1.29 is 55.6 Å². The van der Waals surface area contributed by atoms with Crippen molar-refractivity contribution in [1.29, 1.82) is 0 Å². The van der Waals surface area contributed by atoms with Gasteiger partial charge in [0.05, 0.1) is 31.1 Å². The third-order valence-electron chi connectivity index (χ3n) is 5.45. The normalized spacial score (nSPS) is 21.4. The molecular formula is C23H26F6N2O6S. The first kappa shape index (κ1) is 31.5. The van der Waals surface area contributed by atoms with Crippen LogP contribution in [0.5, 0.6) is 0 Å². The molecule has 2 fully saturated rings. The molecular weight excluding hydrogens is 546 g/mol. The van der Waals surface area contributed by atoms with E-state index in [4.69, 9.17) is 29.3 Å². The highest BCUT2D eigenvalue weighted by molar-refractivity contribution is 7.09. The zero-order chi connectivity index (χ0) is 28.3. The summed E-state index contributed by atoms with van der Waals surface area (Å²) in [7, 11) is 0. The SMILES string of the molecule is O=C(O)C(F)(F)F.O=C(O)C(F)(F)F.c1ccc(COC[C@H]2CC[C@H]3[C@H](CCN3Cc3cccs3)O2)nc1. The summed E-state index contributed by atoms with van der Waals surface area (Å²) in [5.41, 5.74) is 0.981. The van der Waals surface area contributed by atoms with Crippen molar-refractivity contribution in [3.63, 3.8) is 0 Å². The zero-order valence-electron chi connectivity index (χ0n) is 19.8. The van der Waals surface area contributed by atoms with E-state index < -0.39 is 24.3 Å². The molecule has 2 aliphatic rings. The van der Waals surface area contributed by atoms with Crippen molar-refractivity contribution in [1.82, 2.24) is 9.88 Å². The van der Waals surface area contributed by atoms with Gasteiger partial charge in [0, 0.05) is 30.2 Å². The third kappa shape index (κ3) is 10.9. The van der Waals surface area contributed by atoms with Crippen LogP contribution in [0.15, 0.2) is 41.9 Å². The number of pyridine rings is 1. The van der Waals surface area contributed by atoms with Gasteiger partial charge in [-0.05, 0) is 42.8 Å². The quantitative estimate of drug-likeness (QED) is 0.478. The summed E-state index contributed by atoms with van der Waals surface area (Å²) in [6.45, 7) is 3.46. The molecule has 4 rings (SSSR count). The van der Waals surface area contributed by atoms with Crippen LogP contribution in [0.1, 0.15) is 29.8 Å². The molecule has 0 bridgehead atoms. The van der Waals surface area contributed by atoms with Crippen LogP contribution in [0.2, 0.25) is 0 Å². The number of thiophene rings is 1. The van der Waals surface area contributed by atoms with E-state index in [1.165, 1.54) is 11.3 Å². The molecule has 212 valence electrons. The lowest BCUT2D eigenvalue weighted by Gasteiger charge is -2.35. The molecule has 3 atom stereocenters. The maximum absolute atomic E-state index is 10.6. The van der Waals surface area contributed by atoms with Gasteiger partial charge in [0.2, 0.25) is 0 Å². The van der Waals surface area contributed by atoms with Crippen LogP contribution in [0.4, 0.5) is 26.3 Å². The molecule has 0 radical (unpaired) electrons. The second kappa shape index (κ2) is 14.4. The summed E-state index contributed by atoms with van der Waals surface area (Å²) in [5, 5.41) is 16.4. The van der Waals surface area contributed by atoms with Crippen molar-refractivity contribution in [3.05, 3.63) is 52.5 Å². The number of carbonyl (C=O) groups is 2. The van der Waals surface area contributed by atoms with Gasteiger partial charge in [0.15, 0.2) is 0 Å². The predicted molar refractivity (Wildman–Crippen MR) is 122 cm³/mol. The zero-order valence-corrected chi connectivity index (χ0v) is 20.6. The lowest BCUT2D eigenvalue weighted by atomic mass is 9.99. The molecule has 38 heavy (non-hydrogen) atoms. The maximum Gasteiger partial charge on any atom is 0.490 e. The summed E-state index contributed by atoms with van der Waals surface area (Å²) >= 11 is 1.85. The molecule has 0 aromatic carbocycles. The van der Waals surface area contributed by atoms with Crippen molar-refractivity contribution in [3.8, 4) is 0 Å². The highest BCUT2D eigenvalue weighted by Gasteiger charge is 2.40. The van der Waals surface area contributed by atoms with Gasteiger partial charge < -0.3 is 19.7 Å². The molecule has 0 saturated carbocycles. The van der Waals surface area contributed by atoms with Crippen molar-refractivity contribution >= 4 is 23.3 Å². The van der Waals surface area contributed by atoms with E-state index in [9.17, 15) is 26.3 Å². The molecule has 0 spiro atoms. The standard InChI is InChI=1S/C19H24N2O2S.2C2HF3O2/c1-2-9-20-15(4-1)13-22-14-16-6-7-18-19(23-16)8-10-21(18)12-17-5-3-11-24-17;2*3-2(4,5)1(6)7/h1-5,9,11,16,18-19H,6-8,10,12-14H2;2*(H,6,7)/t16-,18+,19+;;/m1../s1. The minimum Gasteiger partial charge on any atom is -0.475 e. The largest absolute Gasteiger partial charge is 0.490 e. The lowest BCUT2D eigenvalue weighted by molar-refractivity contribution is -0.193. The molecule has 8 nitrogen and oxygen atoms in total. The van der Waals surface area contributed by atoms with E-state index in [2.05, 4.69) is 27.4 Å². The summed E-state index contributed by atoms with van der Waals surface area (Å²) in [4.78, 5) is 26.1. The Kier molecular flexibility index (Phi) is 11.9. The van der Waals surface area contributed by atoms with Gasteiger partial charge in [-0.3, -0.25) is 9.88 Å². The Morgan fingerprint density at radius 2 is 1.68 bits per heavy atom. The van der Waals surface area contributed by atoms with E-state index in [0.29, 0.717) is 25.4 Å². The van der Waals surface area contributed by atoms with Crippen molar-refractivity contribution in [2.45, 2.75) is 63.0 Å². The maximum atomic E-state index is 10.6. The van der Waals surface area contributed by atoms with E-state index in [0.717, 1.165) is 31.6 Å². The molecule has 15 heteroatoms. The van der Waals surface area contributed by atoms with Crippen LogP contribution in [-0.2, 0) is 32.2 Å². The van der Waals surface area contributed by atoms with Crippen LogP contribution in [0, 0.1) is 0 Å². The minimum absolute atomic E-state index is 0.233. The van der Waals surface area contributed by atoms with E-state index >= 15 is 0 Å². The van der Waals surface area contributed by atoms with Crippen molar-refractivity contribution in [2.75, 3.05) is 13.2 Å². The van der Waals surface area contributed by atoms with E-state index in [1.54, 1.807) is 6.20 Å². The first-order chi connectivity index (χ1) is 17.8. The van der Waals surface area contributed by atoms with Gasteiger partial charge in [-0.25, -0.2) is 9.59 Å². The van der Waals surface area contributed by atoms with Gasteiger partial charge >= 0.3 is 24.3 Å². The van der Waals surface area contributed by atoms with Crippen LogP contribution in [-0.4, -0.2) is 75.8 Å². The number of likely N-dealkylation sites (tertiary alicyclic amines) is 1. The van der Waals surface area contributed by atoms with Gasteiger partial charge in [-0.1, -0.05) is 12.1 Å². The Morgan fingerprint density at radius 1 is 1.03 bits per heavy atom. The van der Waals surface area contributed by atoms with E-state index in [1.807, 2.05) is 29.5 Å². The smallest absolute Gasteiger partial charge is 0.475 e. The Balaban J connectivity index is 0.000000301. The Labute approximate surface area is 217 Å². The summed E-state index contributed by atoms with van der Waals surface area (Å²) in [6, 6.07) is 10.9. The Bertz CT molecular complexity index is 967. The molecule has 0 amide bonds. The van der Waals surface area contributed by atoms with Gasteiger partial charge in [-0.15, -0.1) is 11.3 Å². The second-order valence-corrected chi connectivity index (χ2v) is 9.25. The van der Waals surface area contributed by atoms with Crippen LogP contribution < -0.4 is 0 Å². The molecule has 2 aromatic rings. The number of rotatable bonds is 6. The van der Waals surface area contributed by atoms with Crippen LogP contribution >= 0.6 is 11.3 Å². The number of alkyl halides is 6. The number of ether oxygens (including phenoxy) is 2. The number of carboxylic acid groups (broad SMARTS) is 2. The average Bonchev–Trinajstić information content (AvgIpc) is 3.50. The number of aliphatic carboxylic acids is 2. The van der Waals surface area contributed by atoms with E-state index in [-0.39, 0.29) is 6.10 Å². The van der Waals surface area contributed by atoms with Crippen LogP contribution in [0.3, 0.4) is 0 Å². The molecule has 2 saturated heterocycles. The number of hydrogen-bond donors (Lipinski definition) is 2. The second-order valence-electron chi connectivity index (χ2n) is 8.22. The number of fused-ring (bicyclic) bond motifs is 1. The molecule has 2 aliphatic heterocycles.